The van der Waals surface area contributed by atoms with Crippen LogP contribution in [0.2, 0.25) is 10.2 Å². The fourth-order valence-electron chi connectivity index (χ4n) is 5.52. The van der Waals surface area contributed by atoms with Crippen molar-refractivity contribution in [3.8, 4) is 0 Å². The number of rotatable bonds is 8. The van der Waals surface area contributed by atoms with Gasteiger partial charge in [-0.3, -0.25) is 9.69 Å². The lowest BCUT2D eigenvalue weighted by Gasteiger charge is -2.36. The van der Waals surface area contributed by atoms with Crippen molar-refractivity contribution in [2.24, 2.45) is 0 Å². The third-order valence-electron chi connectivity index (χ3n) is 7.93. The highest BCUT2D eigenvalue weighted by molar-refractivity contribution is 7.98. The van der Waals surface area contributed by atoms with E-state index >= 15 is 0 Å². The Balaban J connectivity index is 0.997. The molecule has 0 N–H and O–H groups in total. The first kappa shape index (κ1) is 29.8. The number of benzene rings is 3. The van der Waals surface area contributed by atoms with Gasteiger partial charge in [0.1, 0.15) is 11.0 Å². The van der Waals surface area contributed by atoms with E-state index in [0.717, 1.165) is 67.9 Å². The summed E-state index contributed by atoms with van der Waals surface area (Å²) in [6, 6.07) is 28.2. The average Bonchev–Trinajstić information content (AvgIpc) is 3.05. The molecule has 0 radical (unpaired) electrons. The van der Waals surface area contributed by atoms with E-state index in [9.17, 15) is 4.79 Å². The van der Waals surface area contributed by atoms with Gasteiger partial charge < -0.3 is 14.7 Å². The van der Waals surface area contributed by atoms with E-state index < -0.39 is 0 Å². The van der Waals surface area contributed by atoms with Crippen LogP contribution >= 0.6 is 35.0 Å². The van der Waals surface area contributed by atoms with Gasteiger partial charge in [-0.05, 0) is 35.4 Å². The van der Waals surface area contributed by atoms with Gasteiger partial charge in [-0.2, -0.15) is 0 Å². The number of anilines is 2. The van der Waals surface area contributed by atoms with Crippen molar-refractivity contribution in [3.63, 3.8) is 0 Å². The highest BCUT2D eigenvalue weighted by Gasteiger charge is 2.23. The number of aromatic nitrogens is 2. The fraction of sp³-hybridized carbons (Fsp3) is 0.303. The summed E-state index contributed by atoms with van der Waals surface area (Å²) in [7, 11) is 0. The van der Waals surface area contributed by atoms with E-state index in [1.807, 2.05) is 59.5 Å². The van der Waals surface area contributed by atoms with E-state index in [4.69, 9.17) is 28.2 Å². The van der Waals surface area contributed by atoms with Crippen LogP contribution in [0.3, 0.4) is 0 Å². The van der Waals surface area contributed by atoms with Crippen LogP contribution in [0.15, 0.2) is 90.1 Å². The van der Waals surface area contributed by atoms with Gasteiger partial charge in [-0.15, -0.1) is 0 Å². The molecule has 3 heterocycles. The summed E-state index contributed by atoms with van der Waals surface area (Å²) < 4.78 is 0. The van der Waals surface area contributed by atoms with E-state index in [-0.39, 0.29) is 5.91 Å². The molecule has 3 aromatic carbocycles. The van der Waals surface area contributed by atoms with E-state index in [1.54, 1.807) is 11.8 Å². The van der Waals surface area contributed by atoms with Gasteiger partial charge in [-0.25, -0.2) is 9.97 Å². The molecule has 0 saturated carbocycles. The molecule has 2 aliphatic heterocycles. The van der Waals surface area contributed by atoms with Crippen molar-refractivity contribution in [1.29, 1.82) is 0 Å². The van der Waals surface area contributed by atoms with Crippen LogP contribution in [0.5, 0.6) is 0 Å². The molecule has 2 fully saturated rings. The largest absolute Gasteiger partial charge is 0.367 e. The molecule has 2 saturated heterocycles. The van der Waals surface area contributed by atoms with Crippen LogP contribution in [-0.4, -0.2) is 78.0 Å². The Kier molecular flexibility index (Phi) is 9.68. The molecular weight excluding hydrogens is 599 g/mol. The summed E-state index contributed by atoms with van der Waals surface area (Å²) in [6.45, 7) is 7.55. The van der Waals surface area contributed by atoms with Crippen molar-refractivity contribution in [1.82, 2.24) is 19.8 Å². The first-order chi connectivity index (χ1) is 21.0. The Morgan fingerprint density at radius 2 is 1.40 bits per heavy atom. The zero-order valence-electron chi connectivity index (χ0n) is 23.9. The van der Waals surface area contributed by atoms with Crippen molar-refractivity contribution in [3.05, 3.63) is 112 Å². The van der Waals surface area contributed by atoms with Crippen molar-refractivity contribution in [2.75, 3.05) is 62.2 Å². The second-order valence-electron chi connectivity index (χ2n) is 10.8. The second kappa shape index (κ2) is 14.0. The molecule has 0 unspecified atom stereocenters. The number of carbonyl (C=O) groups is 1. The van der Waals surface area contributed by atoms with Gasteiger partial charge in [0.2, 0.25) is 0 Å². The first-order valence-corrected chi connectivity index (χ1v) is 16.3. The van der Waals surface area contributed by atoms with Crippen LogP contribution in [0.25, 0.3) is 0 Å². The minimum Gasteiger partial charge on any atom is -0.367 e. The number of piperazine rings is 2. The summed E-state index contributed by atoms with van der Waals surface area (Å²) in [6.07, 6.45) is 0. The van der Waals surface area contributed by atoms with Gasteiger partial charge in [0.05, 0.1) is 10.7 Å². The molecule has 0 bridgehead atoms. The van der Waals surface area contributed by atoms with Crippen LogP contribution in [-0.2, 0) is 12.3 Å². The Labute approximate surface area is 267 Å². The Morgan fingerprint density at radius 1 is 0.721 bits per heavy atom. The standard InChI is InChI=1S/C33H34Cl2N6OS/c34-28-8-4-5-9-29(28)39-18-20-41(21-19-39)32(42)27-12-10-26(11-13-27)24-43-33-36-30(35)22-31(37-33)40-16-14-38(15-17-40)23-25-6-2-1-3-7-25/h1-13,22H,14-21,23-24H2. The lowest BCUT2D eigenvalue weighted by atomic mass is 10.1. The Bertz CT molecular complexity index is 1520. The molecule has 6 rings (SSSR count). The van der Waals surface area contributed by atoms with E-state index in [1.165, 1.54) is 5.56 Å². The first-order valence-electron chi connectivity index (χ1n) is 14.6. The minimum atomic E-state index is 0.0599. The van der Waals surface area contributed by atoms with Crippen LogP contribution in [0.1, 0.15) is 21.5 Å². The molecule has 1 aromatic heterocycles. The third-order valence-corrected chi connectivity index (χ3v) is 9.37. The normalized spacial score (nSPS) is 16.0. The van der Waals surface area contributed by atoms with Gasteiger partial charge in [-0.1, -0.05) is 89.6 Å². The maximum Gasteiger partial charge on any atom is 0.253 e. The minimum absolute atomic E-state index is 0.0599. The highest BCUT2D eigenvalue weighted by atomic mass is 35.5. The smallest absolute Gasteiger partial charge is 0.253 e. The monoisotopic (exact) mass is 632 g/mol. The predicted molar refractivity (Wildman–Crippen MR) is 177 cm³/mol. The molecule has 0 spiro atoms. The zero-order valence-corrected chi connectivity index (χ0v) is 26.2. The Hall–Kier alpha value is -3.30. The SMILES string of the molecule is O=C(c1ccc(CSc2nc(Cl)cc(N3CCN(Cc4ccccc4)CC3)n2)cc1)N1CCN(c2ccccc2Cl)CC1. The topological polar surface area (TPSA) is 55.8 Å². The molecule has 7 nitrogen and oxygen atoms in total. The highest BCUT2D eigenvalue weighted by Crippen LogP contribution is 2.28. The van der Waals surface area contributed by atoms with Crippen molar-refractivity contribution in [2.45, 2.75) is 17.5 Å². The van der Waals surface area contributed by atoms with E-state index in [0.29, 0.717) is 34.7 Å². The van der Waals surface area contributed by atoms with Crippen molar-refractivity contribution < 1.29 is 4.79 Å². The lowest BCUT2D eigenvalue weighted by molar-refractivity contribution is 0.0747. The zero-order chi connectivity index (χ0) is 29.6. The third kappa shape index (κ3) is 7.62. The average molecular weight is 634 g/mol. The number of carbonyl (C=O) groups excluding carboxylic acids is 1. The van der Waals surface area contributed by atoms with Gasteiger partial charge in [0.15, 0.2) is 5.16 Å². The maximum absolute atomic E-state index is 13.2. The predicted octanol–water partition coefficient (Wildman–Crippen LogP) is 6.36. The molecule has 222 valence electrons. The molecule has 10 heteroatoms. The van der Waals surface area contributed by atoms with Gasteiger partial charge >= 0.3 is 0 Å². The van der Waals surface area contributed by atoms with E-state index in [2.05, 4.69) is 50.0 Å². The van der Waals surface area contributed by atoms with Crippen molar-refractivity contribution >= 4 is 52.4 Å². The fourth-order valence-corrected chi connectivity index (χ4v) is 6.81. The second-order valence-corrected chi connectivity index (χ2v) is 12.5. The Morgan fingerprint density at radius 3 is 2.12 bits per heavy atom. The summed E-state index contributed by atoms with van der Waals surface area (Å²) in [4.78, 5) is 31.4. The molecule has 2 aliphatic rings. The van der Waals surface area contributed by atoms with Gasteiger partial charge in [0.25, 0.3) is 5.91 Å². The molecular formula is C33H34Cl2N6OS. The van der Waals surface area contributed by atoms with Crippen LogP contribution in [0.4, 0.5) is 11.5 Å². The van der Waals surface area contributed by atoms with Crippen LogP contribution in [0, 0.1) is 0 Å². The summed E-state index contributed by atoms with van der Waals surface area (Å²) in [5.74, 6) is 1.62. The lowest BCUT2D eigenvalue weighted by Crippen LogP contribution is -2.48. The maximum atomic E-state index is 13.2. The van der Waals surface area contributed by atoms with Crippen LogP contribution < -0.4 is 9.80 Å². The molecule has 1 amide bonds. The number of hydrogen-bond acceptors (Lipinski definition) is 7. The number of amides is 1. The number of para-hydroxylation sites is 1. The summed E-state index contributed by atoms with van der Waals surface area (Å²) in [5, 5.41) is 1.85. The summed E-state index contributed by atoms with van der Waals surface area (Å²) in [5.41, 5.74) is 4.16. The molecule has 4 aromatic rings. The summed E-state index contributed by atoms with van der Waals surface area (Å²) >= 11 is 14.3. The molecule has 0 atom stereocenters. The molecule has 43 heavy (non-hydrogen) atoms. The number of halogens is 2. The molecule has 0 aliphatic carbocycles. The number of thioether (sulfide) groups is 1. The quantitative estimate of drug-likeness (QED) is 0.127. The number of nitrogens with zero attached hydrogens (tertiary/aromatic N) is 6. The number of hydrogen-bond donors (Lipinski definition) is 0. The van der Waals surface area contributed by atoms with Gasteiger partial charge in [0, 0.05) is 76.3 Å².